The standard InChI is InChI=1S/C15H23NO5/c1-2-21-15(18)9-8-13(10-16(19)20)14(11-17)12-6-4-3-5-7-12/h8-9,11-14H,2-7,10H2,1H3/b9-8+/t13-,14+/m0/s1. The summed E-state index contributed by atoms with van der Waals surface area (Å²) in [6.45, 7) is 1.61. The molecule has 6 nitrogen and oxygen atoms in total. The van der Waals surface area contributed by atoms with Crippen LogP contribution in [0, 0.1) is 27.9 Å². The van der Waals surface area contributed by atoms with E-state index in [0.717, 1.165) is 38.4 Å². The Morgan fingerprint density at radius 1 is 1.38 bits per heavy atom. The molecule has 0 radical (unpaired) electrons. The van der Waals surface area contributed by atoms with Crippen molar-refractivity contribution in [1.82, 2.24) is 0 Å². The van der Waals surface area contributed by atoms with Gasteiger partial charge in [-0.2, -0.15) is 0 Å². The monoisotopic (exact) mass is 297 g/mol. The Hall–Kier alpha value is -1.72. The molecule has 118 valence electrons. The number of carbonyl (C=O) groups excluding carboxylic acids is 2. The molecular formula is C15H23NO5. The zero-order valence-electron chi connectivity index (χ0n) is 12.4. The van der Waals surface area contributed by atoms with Crippen LogP contribution >= 0.6 is 0 Å². The Morgan fingerprint density at radius 3 is 2.57 bits per heavy atom. The predicted molar refractivity (Wildman–Crippen MR) is 77.3 cm³/mol. The second kappa shape index (κ2) is 9.26. The summed E-state index contributed by atoms with van der Waals surface area (Å²) in [6.07, 6.45) is 8.60. The Labute approximate surface area is 124 Å². The van der Waals surface area contributed by atoms with Gasteiger partial charge in [0.1, 0.15) is 6.29 Å². The molecule has 0 spiro atoms. The van der Waals surface area contributed by atoms with E-state index in [2.05, 4.69) is 0 Å². The molecular weight excluding hydrogens is 274 g/mol. The molecule has 6 heteroatoms. The van der Waals surface area contributed by atoms with E-state index in [1.165, 1.54) is 12.2 Å². The van der Waals surface area contributed by atoms with Gasteiger partial charge in [-0.05, 0) is 25.7 Å². The largest absolute Gasteiger partial charge is 0.463 e. The number of ether oxygens (including phenoxy) is 1. The first kappa shape index (κ1) is 17.3. The third kappa shape index (κ3) is 6.06. The van der Waals surface area contributed by atoms with Crippen LogP contribution in [0.25, 0.3) is 0 Å². The van der Waals surface area contributed by atoms with Crippen molar-refractivity contribution in [3.05, 3.63) is 22.3 Å². The molecule has 1 fully saturated rings. The molecule has 0 aromatic carbocycles. The van der Waals surface area contributed by atoms with E-state index in [1.807, 2.05) is 0 Å². The van der Waals surface area contributed by atoms with Crippen molar-refractivity contribution >= 4 is 12.3 Å². The summed E-state index contributed by atoms with van der Waals surface area (Å²) >= 11 is 0. The van der Waals surface area contributed by atoms with Crippen LogP contribution in [0.3, 0.4) is 0 Å². The van der Waals surface area contributed by atoms with Crippen molar-refractivity contribution in [2.24, 2.45) is 17.8 Å². The van der Waals surface area contributed by atoms with E-state index >= 15 is 0 Å². The highest BCUT2D eigenvalue weighted by Gasteiger charge is 2.32. The minimum atomic E-state index is -0.551. The molecule has 2 atom stereocenters. The molecule has 0 saturated heterocycles. The zero-order chi connectivity index (χ0) is 15.7. The van der Waals surface area contributed by atoms with Crippen molar-refractivity contribution in [2.75, 3.05) is 13.2 Å². The smallest absolute Gasteiger partial charge is 0.330 e. The molecule has 1 aliphatic rings. The van der Waals surface area contributed by atoms with Crippen molar-refractivity contribution in [3.63, 3.8) is 0 Å². The lowest BCUT2D eigenvalue weighted by Gasteiger charge is -2.29. The Kier molecular flexibility index (Phi) is 7.64. The Bertz CT molecular complexity index is 388. The molecule has 0 unspecified atom stereocenters. The highest BCUT2D eigenvalue weighted by Crippen LogP contribution is 2.33. The van der Waals surface area contributed by atoms with E-state index < -0.39 is 22.7 Å². The van der Waals surface area contributed by atoms with Gasteiger partial charge in [0.25, 0.3) is 0 Å². The van der Waals surface area contributed by atoms with E-state index in [-0.39, 0.29) is 19.1 Å². The molecule has 1 rings (SSSR count). The van der Waals surface area contributed by atoms with E-state index in [1.54, 1.807) is 6.92 Å². The molecule has 0 aromatic rings. The summed E-state index contributed by atoms with van der Waals surface area (Å²) in [5.41, 5.74) is 0. The summed E-state index contributed by atoms with van der Waals surface area (Å²) in [5.74, 6) is -1.31. The molecule has 0 heterocycles. The molecule has 21 heavy (non-hydrogen) atoms. The normalized spacial score (nSPS) is 19.1. The maximum Gasteiger partial charge on any atom is 0.330 e. The topological polar surface area (TPSA) is 86.5 Å². The highest BCUT2D eigenvalue weighted by molar-refractivity contribution is 5.82. The van der Waals surface area contributed by atoms with Gasteiger partial charge in [0.15, 0.2) is 0 Å². The quantitative estimate of drug-likeness (QED) is 0.226. The first-order chi connectivity index (χ1) is 10.1. The van der Waals surface area contributed by atoms with Crippen molar-refractivity contribution in [1.29, 1.82) is 0 Å². The molecule has 1 aliphatic carbocycles. The molecule has 1 saturated carbocycles. The molecule has 0 N–H and O–H groups in total. The Morgan fingerprint density at radius 2 is 2.05 bits per heavy atom. The number of carbonyl (C=O) groups is 2. The fraction of sp³-hybridized carbons (Fsp3) is 0.733. The summed E-state index contributed by atoms with van der Waals surface area (Å²) in [5, 5.41) is 10.8. The number of esters is 1. The van der Waals surface area contributed by atoms with Crippen molar-refractivity contribution < 1.29 is 19.2 Å². The van der Waals surface area contributed by atoms with Crippen LogP contribution in [-0.2, 0) is 14.3 Å². The summed E-state index contributed by atoms with van der Waals surface area (Å²) in [6, 6.07) is 0. The van der Waals surface area contributed by atoms with Gasteiger partial charge >= 0.3 is 5.97 Å². The zero-order valence-corrected chi connectivity index (χ0v) is 12.4. The van der Waals surface area contributed by atoms with Crippen molar-refractivity contribution in [2.45, 2.75) is 39.0 Å². The summed E-state index contributed by atoms with van der Waals surface area (Å²) in [7, 11) is 0. The number of hydrogen-bond donors (Lipinski definition) is 0. The Balaban J connectivity index is 2.79. The third-order valence-corrected chi connectivity index (χ3v) is 3.97. The molecule has 0 bridgehead atoms. The van der Waals surface area contributed by atoms with E-state index in [4.69, 9.17) is 4.74 Å². The van der Waals surface area contributed by atoms with Crippen LogP contribution in [0.5, 0.6) is 0 Å². The third-order valence-electron chi connectivity index (χ3n) is 3.97. The predicted octanol–water partition coefficient (Wildman–Crippen LogP) is 2.39. The van der Waals surface area contributed by atoms with Gasteiger partial charge in [-0.3, -0.25) is 10.1 Å². The average Bonchev–Trinajstić information content (AvgIpc) is 2.46. The fourth-order valence-electron chi connectivity index (χ4n) is 2.96. The van der Waals surface area contributed by atoms with Gasteiger partial charge in [0.05, 0.1) is 12.5 Å². The lowest BCUT2D eigenvalue weighted by Crippen LogP contribution is -2.30. The van der Waals surface area contributed by atoms with Gasteiger partial charge in [-0.15, -0.1) is 0 Å². The first-order valence-electron chi connectivity index (χ1n) is 7.50. The van der Waals surface area contributed by atoms with Crippen LogP contribution in [0.2, 0.25) is 0 Å². The number of nitro groups is 1. The first-order valence-corrected chi connectivity index (χ1v) is 7.50. The average molecular weight is 297 g/mol. The lowest BCUT2D eigenvalue weighted by atomic mass is 9.74. The minimum Gasteiger partial charge on any atom is -0.463 e. The number of nitrogens with zero attached hydrogens (tertiary/aromatic N) is 1. The van der Waals surface area contributed by atoms with Crippen LogP contribution in [-0.4, -0.2) is 30.3 Å². The minimum absolute atomic E-state index is 0.174. The van der Waals surface area contributed by atoms with Crippen molar-refractivity contribution in [3.8, 4) is 0 Å². The van der Waals surface area contributed by atoms with Gasteiger partial charge in [0, 0.05) is 16.9 Å². The van der Waals surface area contributed by atoms with Crippen LogP contribution in [0.4, 0.5) is 0 Å². The van der Waals surface area contributed by atoms with E-state index in [0.29, 0.717) is 0 Å². The number of aldehydes is 1. The second-order valence-corrected chi connectivity index (χ2v) is 5.40. The van der Waals surface area contributed by atoms with E-state index in [9.17, 15) is 19.7 Å². The van der Waals surface area contributed by atoms with Gasteiger partial charge in [-0.25, -0.2) is 4.79 Å². The van der Waals surface area contributed by atoms with Crippen LogP contribution in [0.15, 0.2) is 12.2 Å². The SMILES string of the molecule is CCOC(=O)/C=C/[C@@H](C[N+](=O)[O-])[C@H](C=O)C1CCCCC1. The summed E-state index contributed by atoms with van der Waals surface area (Å²) in [4.78, 5) is 33.2. The fourth-order valence-corrected chi connectivity index (χ4v) is 2.96. The maximum atomic E-state index is 11.4. The number of rotatable bonds is 8. The molecule has 0 amide bonds. The molecule has 0 aliphatic heterocycles. The number of hydrogen-bond acceptors (Lipinski definition) is 5. The van der Waals surface area contributed by atoms with Crippen LogP contribution < -0.4 is 0 Å². The second-order valence-electron chi connectivity index (χ2n) is 5.40. The van der Waals surface area contributed by atoms with Gasteiger partial charge in [-0.1, -0.05) is 25.3 Å². The summed E-state index contributed by atoms with van der Waals surface area (Å²) < 4.78 is 4.77. The highest BCUT2D eigenvalue weighted by atomic mass is 16.6. The molecule has 0 aromatic heterocycles. The van der Waals surface area contributed by atoms with Gasteiger partial charge in [0.2, 0.25) is 6.54 Å². The van der Waals surface area contributed by atoms with Gasteiger partial charge < -0.3 is 9.53 Å². The lowest BCUT2D eigenvalue weighted by molar-refractivity contribution is -0.487. The van der Waals surface area contributed by atoms with Crippen LogP contribution in [0.1, 0.15) is 39.0 Å². The maximum absolute atomic E-state index is 11.4.